The van der Waals surface area contributed by atoms with Crippen LogP contribution in [0.2, 0.25) is 0 Å². The first-order chi connectivity index (χ1) is 18.3. The summed E-state index contributed by atoms with van der Waals surface area (Å²) >= 11 is 1.84. The molecule has 0 spiro atoms. The lowest BCUT2D eigenvalue weighted by molar-refractivity contribution is -0.128. The Labute approximate surface area is 224 Å². The summed E-state index contributed by atoms with van der Waals surface area (Å²) in [6.07, 6.45) is 4.39. The molecule has 1 aromatic carbocycles. The van der Waals surface area contributed by atoms with Crippen LogP contribution in [0.3, 0.4) is 0 Å². The van der Waals surface area contributed by atoms with Gasteiger partial charge in [-0.3, -0.25) is 18.7 Å². The third kappa shape index (κ3) is 5.50. The Balaban J connectivity index is 1.32. The number of nitrogens with zero attached hydrogens (tertiary/aromatic N) is 3. The maximum atomic E-state index is 14.1. The molecule has 0 bridgehead atoms. The molecule has 2 fully saturated rings. The van der Waals surface area contributed by atoms with Crippen molar-refractivity contribution < 1.29 is 13.9 Å². The van der Waals surface area contributed by atoms with Gasteiger partial charge in [-0.1, -0.05) is 17.7 Å². The zero-order valence-corrected chi connectivity index (χ0v) is 22.5. The van der Waals surface area contributed by atoms with E-state index >= 15 is 0 Å². The lowest BCUT2D eigenvalue weighted by Crippen LogP contribution is -2.47. The standard InChI is InChI=1S/C28H33FN4O4S/c1-17-3-9-23(10-4-17)37-18(2)26(34)31-20-5-7-21(8-6-20)33-27(35)24-15-19(29)16-30-25(24)32(28(33)36)22-11-13-38-14-12-22/h3-4,9-10,15-16,18,20-22H,5-8,11-14H2,1-2H3,(H,31,34). The second-order valence-corrected chi connectivity index (χ2v) is 11.5. The molecule has 1 unspecified atom stereocenters. The Morgan fingerprint density at radius 2 is 1.71 bits per heavy atom. The van der Waals surface area contributed by atoms with Gasteiger partial charge in [0.1, 0.15) is 17.2 Å². The number of pyridine rings is 1. The maximum Gasteiger partial charge on any atom is 0.333 e. The Morgan fingerprint density at radius 1 is 1.05 bits per heavy atom. The number of hydrogen-bond acceptors (Lipinski definition) is 6. The minimum atomic E-state index is -0.651. The number of halogens is 1. The number of benzene rings is 1. The third-order valence-electron chi connectivity index (χ3n) is 7.59. The number of aryl methyl sites for hydroxylation is 1. The van der Waals surface area contributed by atoms with Crippen LogP contribution in [0.5, 0.6) is 5.75 Å². The quantitative estimate of drug-likeness (QED) is 0.505. The van der Waals surface area contributed by atoms with E-state index in [-0.39, 0.29) is 40.8 Å². The number of rotatable bonds is 6. The summed E-state index contributed by atoms with van der Waals surface area (Å²) in [5.41, 5.74) is 0.512. The molecule has 3 aromatic rings. The van der Waals surface area contributed by atoms with E-state index in [0.717, 1.165) is 36.1 Å². The molecule has 1 aliphatic carbocycles. The van der Waals surface area contributed by atoms with Crippen molar-refractivity contribution in [2.24, 2.45) is 0 Å². The Kier molecular flexibility index (Phi) is 7.88. The number of carbonyl (C=O) groups is 1. The molecule has 10 heteroatoms. The van der Waals surface area contributed by atoms with Gasteiger partial charge in [-0.05, 0) is 82.1 Å². The third-order valence-corrected chi connectivity index (χ3v) is 8.64. The van der Waals surface area contributed by atoms with E-state index in [1.807, 2.05) is 43.0 Å². The second-order valence-electron chi connectivity index (χ2n) is 10.3. The molecule has 1 saturated heterocycles. The molecule has 1 aliphatic heterocycles. The fourth-order valence-electron chi connectivity index (χ4n) is 5.47. The smallest absolute Gasteiger partial charge is 0.333 e. The number of amides is 1. The lowest BCUT2D eigenvalue weighted by Gasteiger charge is -2.32. The largest absolute Gasteiger partial charge is 0.481 e. The van der Waals surface area contributed by atoms with E-state index in [1.165, 1.54) is 10.6 Å². The molecule has 5 rings (SSSR count). The van der Waals surface area contributed by atoms with Crippen LogP contribution >= 0.6 is 11.8 Å². The molecule has 38 heavy (non-hydrogen) atoms. The Bertz CT molecular complexity index is 1420. The molecule has 8 nitrogen and oxygen atoms in total. The van der Waals surface area contributed by atoms with E-state index in [1.54, 1.807) is 11.5 Å². The van der Waals surface area contributed by atoms with Crippen LogP contribution in [-0.2, 0) is 4.79 Å². The Hall–Kier alpha value is -3.14. The molecular formula is C28H33FN4O4S. The fourth-order valence-corrected chi connectivity index (χ4v) is 6.55. The van der Waals surface area contributed by atoms with Crippen molar-refractivity contribution in [2.45, 2.75) is 76.6 Å². The van der Waals surface area contributed by atoms with Gasteiger partial charge < -0.3 is 10.1 Å². The molecule has 1 atom stereocenters. The highest BCUT2D eigenvalue weighted by Crippen LogP contribution is 2.30. The number of nitrogens with one attached hydrogen (secondary N) is 1. The molecular weight excluding hydrogens is 507 g/mol. The molecule has 2 aromatic heterocycles. The van der Waals surface area contributed by atoms with E-state index in [0.29, 0.717) is 31.4 Å². The van der Waals surface area contributed by atoms with Gasteiger partial charge in [-0.2, -0.15) is 11.8 Å². The first kappa shape index (κ1) is 26.5. The molecule has 0 radical (unpaired) electrons. The van der Waals surface area contributed by atoms with Crippen LogP contribution in [0, 0.1) is 12.7 Å². The maximum absolute atomic E-state index is 14.1. The van der Waals surface area contributed by atoms with Gasteiger partial charge in [0, 0.05) is 18.1 Å². The number of fused-ring (bicyclic) bond motifs is 1. The van der Waals surface area contributed by atoms with Crippen molar-refractivity contribution >= 4 is 28.7 Å². The molecule has 1 N–H and O–H groups in total. The number of aromatic nitrogens is 3. The topological polar surface area (TPSA) is 95.2 Å². The zero-order chi connectivity index (χ0) is 26.8. The number of thioether (sulfide) groups is 1. The van der Waals surface area contributed by atoms with Crippen LogP contribution in [-0.4, -0.2) is 43.7 Å². The number of hydrogen-bond donors (Lipinski definition) is 1. The normalized spacial score (nSPS) is 21.2. The van der Waals surface area contributed by atoms with Gasteiger partial charge in [0.05, 0.1) is 11.6 Å². The average molecular weight is 541 g/mol. The predicted octanol–water partition coefficient (Wildman–Crippen LogP) is 4.14. The molecule has 1 amide bonds. The van der Waals surface area contributed by atoms with E-state index in [9.17, 15) is 18.8 Å². The first-order valence-electron chi connectivity index (χ1n) is 13.3. The van der Waals surface area contributed by atoms with Crippen LogP contribution in [0.15, 0.2) is 46.1 Å². The summed E-state index contributed by atoms with van der Waals surface area (Å²) in [7, 11) is 0. The summed E-state index contributed by atoms with van der Waals surface area (Å²) in [4.78, 5) is 44.1. The summed E-state index contributed by atoms with van der Waals surface area (Å²) in [5.74, 6) is 1.69. The van der Waals surface area contributed by atoms with Crippen molar-refractivity contribution in [1.82, 2.24) is 19.4 Å². The van der Waals surface area contributed by atoms with Crippen molar-refractivity contribution in [1.29, 1.82) is 0 Å². The van der Waals surface area contributed by atoms with Crippen LogP contribution < -0.4 is 21.3 Å². The number of carbonyl (C=O) groups excluding carboxylic acids is 1. The molecule has 2 aliphatic rings. The van der Waals surface area contributed by atoms with Gasteiger partial charge in [0.15, 0.2) is 6.10 Å². The average Bonchev–Trinajstić information content (AvgIpc) is 2.92. The highest BCUT2D eigenvalue weighted by molar-refractivity contribution is 7.99. The van der Waals surface area contributed by atoms with Gasteiger partial charge in [0.25, 0.3) is 11.5 Å². The molecule has 3 heterocycles. The van der Waals surface area contributed by atoms with Gasteiger partial charge >= 0.3 is 5.69 Å². The fraction of sp³-hybridized carbons (Fsp3) is 0.500. The van der Waals surface area contributed by atoms with Gasteiger partial charge in [-0.25, -0.2) is 14.2 Å². The summed E-state index contributed by atoms with van der Waals surface area (Å²) in [5, 5.41) is 3.19. The summed E-state index contributed by atoms with van der Waals surface area (Å²) in [6, 6.07) is 8.27. The minimum Gasteiger partial charge on any atom is -0.481 e. The highest BCUT2D eigenvalue weighted by Gasteiger charge is 2.30. The van der Waals surface area contributed by atoms with Crippen LogP contribution in [0.1, 0.15) is 63.1 Å². The summed E-state index contributed by atoms with van der Waals surface area (Å²) in [6.45, 7) is 3.71. The zero-order valence-electron chi connectivity index (χ0n) is 21.7. The van der Waals surface area contributed by atoms with Crippen LogP contribution in [0.25, 0.3) is 11.0 Å². The molecule has 202 valence electrons. The van der Waals surface area contributed by atoms with Crippen molar-refractivity contribution in [3.8, 4) is 5.75 Å². The monoisotopic (exact) mass is 540 g/mol. The number of ether oxygens (including phenoxy) is 1. The Morgan fingerprint density at radius 3 is 2.39 bits per heavy atom. The highest BCUT2D eigenvalue weighted by atomic mass is 32.2. The van der Waals surface area contributed by atoms with E-state index in [2.05, 4.69) is 10.3 Å². The van der Waals surface area contributed by atoms with Crippen LogP contribution in [0.4, 0.5) is 4.39 Å². The van der Waals surface area contributed by atoms with Crippen molar-refractivity contribution in [2.75, 3.05) is 11.5 Å². The predicted molar refractivity (Wildman–Crippen MR) is 147 cm³/mol. The second kappa shape index (κ2) is 11.3. The van der Waals surface area contributed by atoms with E-state index < -0.39 is 17.5 Å². The molecule has 1 saturated carbocycles. The van der Waals surface area contributed by atoms with E-state index in [4.69, 9.17) is 4.74 Å². The van der Waals surface area contributed by atoms with Gasteiger partial charge in [-0.15, -0.1) is 0 Å². The lowest BCUT2D eigenvalue weighted by atomic mass is 9.90. The van der Waals surface area contributed by atoms with Crippen molar-refractivity contribution in [3.05, 3.63) is 68.7 Å². The first-order valence-corrected chi connectivity index (χ1v) is 14.4. The van der Waals surface area contributed by atoms with Crippen molar-refractivity contribution in [3.63, 3.8) is 0 Å². The summed E-state index contributed by atoms with van der Waals surface area (Å²) < 4.78 is 22.8. The minimum absolute atomic E-state index is 0.0679. The van der Waals surface area contributed by atoms with Gasteiger partial charge in [0.2, 0.25) is 0 Å². The SMILES string of the molecule is Cc1ccc(OC(C)C(=O)NC2CCC(n3c(=O)c4cc(F)cnc4n(C4CCSCC4)c3=O)CC2)cc1.